The Labute approximate surface area is 83.9 Å². The van der Waals surface area contributed by atoms with E-state index in [2.05, 4.69) is 0 Å². The normalized spacial score (nSPS) is 9.93. The van der Waals surface area contributed by atoms with Gasteiger partial charge < -0.3 is 0 Å². The summed E-state index contributed by atoms with van der Waals surface area (Å²) in [5.41, 5.74) is 2.58. The van der Waals surface area contributed by atoms with Crippen LogP contribution in [0.1, 0.15) is 34.8 Å². The van der Waals surface area contributed by atoms with Gasteiger partial charge >= 0.3 is 0 Å². The Kier molecular flexibility index (Phi) is 3.18. The minimum Gasteiger partial charge on any atom is -0.300 e. The maximum atomic E-state index is 11.7. The predicted octanol–water partition coefficient (Wildman–Crippen LogP) is 2.47. The summed E-state index contributed by atoms with van der Waals surface area (Å²) in [5.74, 6) is -0.161. The second kappa shape index (κ2) is 4.18. The van der Waals surface area contributed by atoms with Gasteiger partial charge in [-0.3, -0.25) is 9.59 Å². The summed E-state index contributed by atoms with van der Waals surface area (Å²) in [6.45, 7) is 5.21. The Morgan fingerprint density at radius 2 is 1.64 bits per heavy atom. The van der Waals surface area contributed by atoms with Crippen LogP contribution >= 0.6 is 0 Å². The molecule has 14 heavy (non-hydrogen) atoms. The van der Waals surface area contributed by atoms with E-state index in [0.717, 1.165) is 11.1 Å². The average Bonchev–Trinajstić information content (AvgIpc) is 2.01. The molecule has 0 aromatic heterocycles. The van der Waals surface area contributed by atoms with E-state index in [4.69, 9.17) is 0 Å². The van der Waals surface area contributed by atoms with Crippen LogP contribution in [0, 0.1) is 13.8 Å². The molecule has 0 radical (unpaired) electrons. The van der Waals surface area contributed by atoms with Crippen LogP contribution < -0.4 is 0 Å². The fourth-order valence-corrected chi connectivity index (χ4v) is 1.57. The Hall–Kier alpha value is -1.44. The van der Waals surface area contributed by atoms with Crippen molar-refractivity contribution in [3.63, 3.8) is 0 Å². The second-order valence-corrected chi connectivity index (χ2v) is 3.57. The van der Waals surface area contributed by atoms with Gasteiger partial charge in [-0.1, -0.05) is 18.2 Å². The number of Topliss-reactive ketones (excluding diaryl/α,β-unsaturated/α-hetero) is 2. The summed E-state index contributed by atoms with van der Waals surface area (Å²) in [6, 6.07) is 5.69. The zero-order valence-electron chi connectivity index (χ0n) is 8.76. The lowest BCUT2D eigenvalue weighted by Gasteiger charge is -2.06. The quantitative estimate of drug-likeness (QED) is 0.542. The van der Waals surface area contributed by atoms with Crippen LogP contribution in [0.3, 0.4) is 0 Å². The highest BCUT2D eigenvalue weighted by Gasteiger charge is 2.13. The Morgan fingerprint density at radius 3 is 2.07 bits per heavy atom. The van der Waals surface area contributed by atoms with Crippen molar-refractivity contribution in [2.75, 3.05) is 0 Å². The summed E-state index contributed by atoms with van der Waals surface area (Å²) in [7, 11) is 0. The van der Waals surface area contributed by atoms with E-state index >= 15 is 0 Å². The molecule has 2 nitrogen and oxygen atoms in total. The monoisotopic (exact) mass is 190 g/mol. The topological polar surface area (TPSA) is 34.1 Å². The van der Waals surface area contributed by atoms with Crippen molar-refractivity contribution in [2.24, 2.45) is 0 Å². The van der Waals surface area contributed by atoms with Crippen LogP contribution in [0.15, 0.2) is 18.2 Å². The molecular formula is C12H14O2. The molecule has 0 saturated carbocycles. The predicted molar refractivity (Wildman–Crippen MR) is 55.5 cm³/mol. The molecule has 0 aliphatic heterocycles. The number of carbonyl (C=O) groups is 2. The molecule has 0 aliphatic carbocycles. The van der Waals surface area contributed by atoms with Crippen LogP contribution in [0.2, 0.25) is 0 Å². The summed E-state index contributed by atoms with van der Waals surface area (Å²) >= 11 is 0. The molecule has 0 amide bonds. The van der Waals surface area contributed by atoms with Crippen LogP contribution in [0.25, 0.3) is 0 Å². The molecule has 0 spiro atoms. The summed E-state index contributed by atoms with van der Waals surface area (Å²) < 4.78 is 0. The number of ketones is 2. The van der Waals surface area contributed by atoms with Gasteiger partial charge in [0.25, 0.3) is 0 Å². The van der Waals surface area contributed by atoms with Gasteiger partial charge in [-0.15, -0.1) is 0 Å². The van der Waals surface area contributed by atoms with E-state index in [1.54, 1.807) is 0 Å². The number of benzene rings is 1. The third-order valence-electron chi connectivity index (χ3n) is 2.17. The summed E-state index contributed by atoms with van der Waals surface area (Å²) in [6.07, 6.45) is 0.00565. The van der Waals surface area contributed by atoms with Gasteiger partial charge in [0.1, 0.15) is 5.78 Å². The third kappa shape index (κ3) is 2.28. The minimum atomic E-state index is -0.0855. The first-order valence-electron chi connectivity index (χ1n) is 4.61. The average molecular weight is 190 g/mol. The highest BCUT2D eigenvalue weighted by atomic mass is 16.1. The van der Waals surface area contributed by atoms with Crippen molar-refractivity contribution in [2.45, 2.75) is 27.2 Å². The van der Waals surface area contributed by atoms with Crippen LogP contribution in [-0.4, -0.2) is 11.6 Å². The molecule has 0 N–H and O–H groups in total. The highest BCUT2D eigenvalue weighted by Crippen LogP contribution is 2.15. The van der Waals surface area contributed by atoms with Gasteiger partial charge in [0.15, 0.2) is 5.78 Å². The molecule has 1 aromatic rings. The smallest absolute Gasteiger partial charge is 0.170 e. The standard InChI is InChI=1S/C12H14O2/c1-8-5-4-6-9(2)12(8)11(14)7-10(3)13/h4-6H,7H2,1-3H3. The summed E-state index contributed by atoms with van der Waals surface area (Å²) in [4.78, 5) is 22.5. The first kappa shape index (κ1) is 10.6. The molecule has 2 heteroatoms. The molecule has 0 fully saturated rings. The SMILES string of the molecule is CC(=O)CC(=O)c1c(C)cccc1C. The van der Waals surface area contributed by atoms with Gasteiger partial charge in [-0.2, -0.15) is 0 Å². The van der Waals surface area contributed by atoms with Gasteiger partial charge in [-0.25, -0.2) is 0 Å². The van der Waals surface area contributed by atoms with Gasteiger partial charge in [-0.05, 0) is 31.9 Å². The molecular weight excluding hydrogens is 176 g/mol. The van der Waals surface area contributed by atoms with E-state index in [0.29, 0.717) is 5.56 Å². The number of carbonyl (C=O) groups excluding carboxylic acids is 2. The molecule has 1 rings (SSSR count). The van der Waals surface area contributed by atoms with Crippen molar-refractivity contribution >= 4 is 11.6 Å². The summed E-state index contributed by atoms with van der Waals surface area (Å²) in [5, 5.41) is 0. The molecule has 0 aliphatic rings. The van der Waals surface area contributed by atoms with Gasteiger partial charge in [0, 0.05) is 5.56 Å². The van der Waals surface area contributed by atoms with E-state index in [1.807, 2.05) is 32.0 Å². The molecule has 0 bridgehead atoms. The number of hydrogen-bond acceptors (Lipinski definition) is 2. The van der Waals surface area contributed by atoms with E-state index in [-0.39, 0.29) is 18.0 Å². The van der Waals surface area contributed by atoms with Crippen molar-refractivity contribution in [3.05, 3.63) is 34.9 Å². The fourth-order valence-electron chi connectivity index (χ4n) is 1.57. The van der Waals surface area contributed by atoms with E-state index < -0.39 is 0 Å². The van der Waals surface area contributed by atoms with Crippen molar-refractivity contribution in [1.82, 2.24) is 0 Å². The molecule has 0 atom stereocenters. The Balaban J connectivity index is 3.06. The number of rotatable bonds is 3. The Morgan fingerprint density at radius 1 is 1.14 bits per heavy atom. The first-order chi connectivity index (χ1) is 6.52. The molecule has 0 heterocycles. The lowest BCUT2D eigenvalue weighted by atomic mass is 9.97. The zero-order chi connectivity index (χ0) is 10.7. The lowest BCUT2D eigenvalue weighted by Crippen LogP contribution is -2.08. The molecule has 0 unspecified atom stereocenters. The van der Waals surface area contributed by atoms with Crippen LogP contribution in [0.5, 0.6) is 0 Å². The van der Waals surface area contributed by atoms with Crippen molar-refractivity contribution < 1.29 is 9.59 Å². The van der Waals surface area contributed by atoms with Crippen LogP contribution in [-0.2, 0) is 4.79 Å². The van der Waals surface area contributed by atoms with Crippen molar-refractivity contribution in [3.8, 4) is 0 Å². The van der Waals surface area contributed by atoms with E-state index in [1.165, 1.54) is 6.92 Å². The molecule has 1 aromatic carbocycles. The van der Waals surface area contributed by atoms with Crippen LogP contribution in [0.4, 0.5) is 0 Å². The number of aryl methyl sites for hydroxylation is 2. The zero-order valence-corrected chi connectivity index (χ0v) is 8.76. The maximum absolute atomic E-state index is 11.7. The maximum Gasteiger partial charge on any atom is 0.170 e. The largest absolute Gasteiger partial charge is 0.300 e. The Bertz CT molecular complexity index is 358. The minimum absolute atomic E-state index is 0.00565. The second-order valence-electron chi connectivity index (χ2n) is 3.57. The first-order valence-corrected chi connectivity index (χ1v) is 4.61. The van der Waals surface area contributed by atoms with Gasteiger partial charge in [0.05, 0.1) is 6.42 Å². The highest BCUT2D eigenvalue weighted by molar-refractivity contribution is 6.08. The fraction of sp³-hybridized carbons (Fsp3) is 0.333. The van der Waals surface area contributed by atoms with E-state index in [9.17, 15) is 9.59 Å². The molecule has 0 saturated heterocycles. The lowest BCUT2D eigenvalue weighted by molar-refractivity contribution is -0.116. The number of hydrogen-bond donors (Lipinski definition) is 0. The molecule has 74 valence electrons. The van der Waals surface area contributed by atoms with Crippen molar-refractivity contribution in [1.29, 1.82) is 0 Å². The third-order valence-corrected chi connectivity index (χ3v) is 2.17. The van der Waals surface area contributed by atoms with Gasteiger partial charge in [0.2, 0.25) is 0 Å².